The molecule has 0 bridgehead atoms. The summed E-state index contributed by atoms with van der Waals surface area (Å²) in [6.07, 6.45) is -4.48. The lowest BCUT2D eigenvalue weighted by atomic mass is 9.84. The number of nitrogens with two attached hydrogens (primary N) is 4. The van der Waals surface area contributed by atoms with Crippen LogP contribution in [-0.4, -0.2) is 119 Å². The fraction of sp³-hybridized carbons (Fsp3) is 0.952. The van der Waals surface area contributed by atoms with Crippen molar-refractivity contribution < 1.29 is 44.2 Å². The number of aliphatic hydroxyl groups is 3. The summed E-state index contributed by atoms with van der Waals surface area (Å²) in [5, 5.41) is 42.4. The van der Waals surface area contributed by atoms with Crippen LogP contribution in [0, 0.1) is 0 Å². The standard InChI is InChI=1S/C19H39N5O7.C2H4O2/c1-19(27)7-28-18(13(26)16(19)24-2)31-15-11(23)5-10(22)14(12(15)25)30-17-9(21)4-3-8(6-20)29-17;1-2(3)4/h8-18,24-27H,3-7,20-23H2,1-2H3;1H3,(H,3,4)/t8-,9+,10-,11+,12+,13-,14+,15-,16+,17-,18+,19-;/m0./s1. The molecule has 1 saturated carbocycles. The Hall–Kier alpha value is -1.01. The minimum atomic E-state index is -1.29. The lowest BCUT2D eigenvalue weighted by Gasteiger charge is -2.48. The normalized spacial score (nSPS) is 46.4. The number of aliphatic hydroxyl groups excluding tert-OH is 2. The third kappa shape index (κ3) is 7.74. The van der Waals surface area contributed by atoms with Gasteiger partial charge < -0.3 is 67.6 Å². The van der Waals surface area contributed by atoms with Gasteiger partial charge in [0.15, 0.2) is 12.6 Å². The SMILES string of the molecule is CC(=O)O.CN[C@@H]1[C@H](O)[C@@H](O[C@@H]2[C@H](O)[C@H](O[C@@H]3O[C@H](CN)CC[C@H]3N)[C@@H](N)C[C@H]2N)OC[C@]1(C)O. The molecule has 35 heavy (non-hydrogen) atoms. The number of hydrogen-bond acceptors (Lipinski definition) is 13. The van der Waals surface area contributed by atoms with Crippen LogP contribution >= 0.6 is 0 Å². The third-order valence-corrected chi connectivity index (χ3v) is 6.55. The minimum Gasteiger partial charge on any atom is -0.481 e. The molecule has 14 nitrogen and oxygen atoms in total. The summed E-state index contributed by atoms with van der Waals surface area (Å²) in [6, 6.07) is -2.26. The van der Waals surface area contributed by atoms with Gasteiger partial charge in [-0.15, -0.1) is 0 Å². The number of hydrogen-bond donors (Lipinski definition) is 9. The van der Waals surface area contributed by atoms with E-state index in [9.17, 15) is 15.3 Å². The molecule has 0 radical (unpaired) electrons. The van der Waals surface area contributed by atoms with Crippen LogP contribution in [0.5, 0.6) is 0 Å². The fourth-order valence-electron chi connectivity index (χ4n) is 4.69. The molecule has 0 aromatic carbocycles. The molecule has 3 fully saturated rings. The van der Waals surface area contributed by atoms with E-state index in [2.05, 4.69) is 5.32 Å². The summed E-state index contributed by atoms with van der Waals surface area (Å²) >= 11 is 0. The molecule has 3 rings (SSSR count). The lowest BCUT2D eigenvalue weighted by Crippen LogP contribution is -2.68. The maximum absolute atomic E-state index is 11.0. The summed E-state index contributed by atoms with van der Waals surface area (Å²) in [4.78, 5) is 9.00. The zero-order valence-electron chi connectivity index (χ0n) is 20.5. The van der Waals surface area contributed by atoms with Crippen molar-refractivity contribution in [1.82, 2.24) is 5.32 Å². The van der Waals surface area contributed by atoms with E-state index in [0.717, 1.165) is 13.3 Å². The first-order valence-corrected chi connectivity index (χ1v) is 11.8. The molecule has 2 saturated heterocycles. The number of ether oxygens (including phenoxy) is 4. The first-order chi connectivity index (χ1) is 16.3. The number of rotatable bonds is 6. The number of nitrogens with one attached hydrogen (secondary N) is 1. The highest BCUT2D eigenvalue weighted by atomic mass is 16.7. The van der Waals surface area contributed by atoms with E-state index in [0.29, 0.717) is 19.4 Å². The van der Waals surface area contributed by atoms with E-state index in [-0.39, 0.29) is 18.8 Å². The van der Waals surface area contributed by atoms with Gasteiger partial charge in [0.05, 0.1) is 24.8 Å². The smallest absolute Gasteiger partial charge is 0.300 e. The number of carbonyl (C=O) groups is 1. The molecule has 0 amide bonds. The van der Waals surface area contributed by atoms with Crippen LogP contribution in [0.2, 0.25) is 0 Å². The maximum atomic E-state index is 11.0. The molecule has 0 aromatic rings. The van der Waals surface area contributed by atoms with Crippen LogP contribution in [0.25, 0.3) is 0 Å². The molecule has 2 heterocycles. The van der Waals surface area contributed by atoms with Gasteiger partial charge in [-0.3, -0.25) is 4.79 Å². The molecule has 206 valence electrons. The van der Waals surface area contributed by atoms with Crippen molar-refractivity contribution >= 4 is 5.97 Å². The van der Waals surface area contributed by atoms with Crippen LogP contribution in [0.4, 0.5) is 0 Å². The Kier molecular flexibility index (Phi) is 11.2. The second-order valence-corrected chi connectivity index (χ2v) is 9.67. The van der Waals surface area contributed by atoms with Gasteiger partial charge in [0.25, 0.3) is 5.97 Å². The van der Waals surface area contributed by atoms with Crippen LogP contribution in [0.15, 0.2) is 0 Å². The van der Waals surface area contributed by atoms with E-state index in [1.807, 2.05) is 0 Å². The quantitative estimate of drug-likeness (QED) is 0.166. The molecule has 12 atom stereocenters. The number of aliphatic carboxylic acids is 1. The molecule has 0 spiro atoms. The summed E-state index contributed by atoms with van der Waals surface area (Å²) in [7, 11) is 1.62. The zero-order valence-corrected chi connectivity index (χ0v) is 20.5. The van der Waals surface area contributed by atoms with Crippen molar-refractivity contribution in [3.63, 3.8) is 0 Å². The Morgan fingerprint density at radius 3 is 2.11 bits per heavy atom. The third-order valence-electron chi connectivity index (χ3n) is 6.55. The molecular weight excluding hydrogens is 466 g/mol. The minimum absolute atomic E-state index is 0.0665. The van der Waals surface area contributed by atoms with Crippen molar-refractivity contribution in [3.05, 3.63) is 0 Å². The zero-order chi connectivity index (χ0) is 26.5. The van der Waals surface area contributed by atoms with E-state index in [1.165, 1.54) is 0 Å². The van der Waals surface area contributed by atoms with E-state index in [4.69, 9.17) is 51.8 Å². The van der Waals surface area contributed by atoms with Gasteiger partial charge in [0.2, 0.25) is 0 Å². The second kappa shape index (κ2) is 13.0. The monoisotopic (exact) mass is 509 g/mol. The second-order valence-electron chi connectivity index (χ2n) is 9.67. The van der Waals surface area contributed by atoms with Crippen molar-refractivity contribution in [2.75, 3.05) is 20.2 Å². The van der Waals surface area contributed by atoms with Gasteiger partial charge >= 0.3 is 0 Å². The summed E-state index contributed by atoms with van der Waals surface area (Å²) in [5.41, 5.74) is 23.0. The van der Waals surface area contributed by atoms with Crippen LogP contribution in [0.3, 0.4) is 0 Å². The number of likely N-dealkylation sites (N-methyl/N-ethyl adjacent to an activating group) is 1. The topological polar surface area (TPSA) is 251 Å². The van der Waals surface area contributed by atoms with Crippen molar-refractivity contribution in [1.29, 1.82) is 0 Å². The van der Waals surface area contributed by atoms with Gasteiger partial charge in [0.1, 0.15) is 30.0 Å². The average molecular weight is 510 g/mol. The molecule has 0 aromatic heterocycles. The average Bonchev–Trinajstić information content (AvgIpc) is 2.76. The number of carboxylic acid groups (broad SMARTS) is 1. The summed E-state index contributed by atoms with van der Waals surface area (Å²) in [6.45, 7) is 2.92. The van der Waals surface area contributed by atoms with Gasteiger partial charge in [-0.1, -0.05) is 0 Å². The number of carboxylic acids is 1. The van der Waals surface area contributed by atoms with Crippen LogP contribution in [-0.2, 0) is 23.7 Å². The van der Waals surface area contributed by atoms with Gasteiger partial charge in [-0.05, 0) is 33.2 Å². The summed E-state index contributed by atoms with van der Waals surface area (Å²) in [5.74, 6) is -0.833. The Bertz CT molecular complexity index is 671. The molecule has 1 aliphatic carbocycles. The molecule has 13 N–H and O–H groups in total. The fourth-order valence-corrected chi connectivity index (χ4v) is 4.69. The predicted molar refractivity (Wildman–Crippen MR) is 124 cm³/mol. The highest BCUT2D eigenvalue weighted by molar-refractivity contribution is 5.62. The van der Waals surface area contributed by atoms with Gasteiger partial charge in [-0.2, -0.15) is 0 Å². The first kappa shape index (κ1) is 30.2. The molecular formula is C21H43N5O9. The van der Waals surface area contributed by atoms with Crippen LogP contribution < -0.4 is 28.3 Å². The highest BCUT2D eigenvalue weighted by Crippen LogP contribution is 2.31. The lowest BCUT2D eigenvalue weighted by molar-refractivity contribution is -0.306. The Morgan fingerprint density at radius 2 is 1.60 bits per heavy atom. The molecule has 0 unspecified atom stereocenters. The Morgan fingerprint density at radius 1 is 1.06 bits per heavy atom. The van der Waals surface area contributed by atoms with Crippen molar-refractivity contribution in [2.24, 2.45) is 22.9 Å². The van der Waals surface area contributed by atoms with Gasteiger partial charge in [-0.25, -0.2) is 0 Å². The van der Waals surface area contributed by atoms with E-state index >= 15 is 0 Å². The molecule has 3 aliphatic rings. The van der Waals surface area contributed by atoms with E-state index in [1.54, 1.807) is 14.0 Å². The largest absolute Gasteiger partial charge is 0.481 e. The first-order valence-electron chi connectivity index (χ1n) is 11.8. The molecule has 14 heteroatoms. The van der Waals surface area contributed by atoms with E-state index < -0.39 is 66.7 Å². The maximum Gasteiger partial charge on any atom is 0.300 e. The predicted octanol–water partition coefficient (Wildman–Crippen LogP) is -3.89. The van der Waals surface area contributed by atoms with Crippen molar-refractivity contribution in [2.45, 2.75) is 106 Å². The van der Waals surface area contributed by atoms with Gasteiger partial charge in [0, 0.05) is 25.6 Å². The van der Waals surface area contributed by atoms with Crippen LogP contribution in [0.1, 0.15) is 33.1 Å². The Balaban J connectivity index is 0.00000100. The molecule has 2 aliphatic heterocycles. The van der Waals surface area contributed by atoms with Crippen molar-refractivity contribution in [3.8, 4) is 0 Å². The highest BCUT2D eigenvalue weighted by Gasteiger charge is 2.50. The Labute approximate surface area is 205 Å². The summed E-state index contributed by atoms with van der Waals surface area (Å²) < 4.78 is 23.3.